The van der Waals surface area contributed by atoms with Crippen LogP contribution in [0.4, 0.5) is 5.69 Å². The van der Waals surface area contributed by atoms with Gasteiger partial charge in [-0.1, -0.05) is 39.1 Å². The SMILES string of the molecule is NC(=O)c1ccc(NC(=O)c2cc(Br)ccc2Cl)cc1Cl. The molecule has 0 aliphatic rings. The lowest BCUT2D eigenvalue weighted by molar-refractivity contribution is 0.0998. The Hall–Kier alpha value is -1.56. The molecule has 2 aromatic rings. The monoisotopic (exact) mass is 386 g/mol. The standard InChI is InChI=1S/C14H9BrCl2N2O2/c15-7-1-4-11(16)10(5-7)14(21)19-8-2-3-9(13(18)20)12(17)6-8/h1-6H,(H2,18,20)(H,19,21). The Morgan fingerprint density at radius 2 is 1.71 bits per heavy atom. The molecule has 0 fully saturated rings. The van der Waals surface area contributed by atoms with E-state index in [9.17, 15) is 9.59 Å². The van der Waals surface area contributed by atoms with Gasteiger partial charge in [0.05, 0.1) is 21.2 Å². The summed E-state index contributed by atoms with van der Waals surface area (Å²) in [6.07, 6.45) is 0. The van der Waals surface area contributed by atoms with E-state index in [0.717, 1.165) is 4.47 Å². The Kier molecular flexibility index (Phi) is 4.88. The van der Waals surface area contributed by atoms with Crippen molar-refractivity contribution in [3.05, 3.63) is 62.0 Å². The lowest BCUT2D eigenvalue weighted by Gasteiger charge is -2.09. The minimum Gasteiger partial charge on any atom is -0.366 e. The average Bonchev–Trinajstić information content (AvgIpc) is 2.41. The first-order valence-corrected chi connectivity index (χ1v) is 7.29. The first-order valence-electron chi connectivity index (χ1n) is 5.74. The first-order chi connectivity index (χ1) is 9.88. The summed E-state index contributed by atoms with van der Waals surface area (Å²) in [5, 5.41) is 3.15. The molecule has 0 spiro atoms. The predicted octanol–water partition coefficient (Wildman–Crippen LogP) is 4.11. The van der Waals surface area contributed by atoms with Gasteiger partial charge < -0.3 is 11.1 Å². The topological polar surface area (TPSA) is 72.2 Å². The van der Waals surface area contributed by atoms with Crippen LogP contribution in [0.1, 0.15) is 20.7 Å². The third kappa shape index (κ3) is 3.75. The Morgan fingerprint density at radius 1 is 1.00 bits per heavy atom. The maximum atomic E-state index is 12.2. The molecular weight excluding hydrogens is 379 g/mol. The van der Waals surface area contributed by atoms with E-state index in [1.165, 1.54) is 18.2 Å². The number of halogens is 3. The molecular formula is C14H9BrCl2N2O2. The molecule has 108 valence electrons. The van der Waals surface area contributed by atoms with Crippen LogP contribution in [0.15, 0.2) is 40.9 Å². The predicted molar refractivity (Wildman–Crippen MR) is 87.1 cm³/mol. The summed E-state index contributed by atoms with van der Waals surface area (Å²) in [5.74, 6) is -1.02. The highest BCUT2D eigenvalue weighted by Gasteiger charge is 2.13. The van der Waals surface area contributed by atoms with E-state index in [-0.39, 0.29) is 16.5 Å². The Labute approximate surface area is 139 Å². The number of anilines is 1. The number of benzene rings is 2. The summed E-state index contributed by atoms with van der Waals surface area (Å²) in [5.41, 5.74) is 6.11. The van der Waals surface area contributed by atoms with Crippen molar-refractivity contribution < 1.29 is 9.59 Å². The van der Waals surface area contributed by atoms with Crippen LogP contribution in [-0.2, 0) is 0 Å². The lowest BCUT2D eigenvalue weighted by atomic mass is 10.1. The highest BCUT2D eigenvalue weighted by molar-refractivity contribution is 9.10. The van der Waals surface area contributed by atoms with Gasteiger partial charge in [-0.3, -0.25) is 9.59 Å². The molecule has 0 saturated carbocycles. The number of primary amides is 1. The van der Waals surface area contributed by atoms with Crippen molar-refractivity contribution in [1.29, 1.82) is 0 Å². The molecule has 0 aliphatic carbocycles. The molecule has 0 aliphatic heterocycles. The van der Waals surface area contributed by atoms with Gasteiger partial charge in [-0.05, 0) is 36.4 Å². The number of nitrogens with one attached hydrogen (secondary N) is 1. The molecule has 2 amide bonds. The molecule has 0 radical (unpaired) electrons. The number of hydrogen-bond donors (Lipinski definition) is 2. The molecule has 7 heteroatoms. The zero-order valence-electron chi connectivity index (χ0n) is 10.5. The number of amides is 2. The molecule has 0 bridgehead atoms. The van der Waals surface area contributed by atoms with Gasteiger partial charge >= 0.3 is 0 Å². The first kappa shape index (κ1) is 15.8. The van der Waals surface area contributed by atoms with Crippen LogP contribution in [0.2, 0.25) is 10.0 Å². The quantitative estimate of drug-likeness (QED) is 0.831. The van der Waals surface area contributed by atoms with Crippen LogP contribution in [0, 0.1) is 0 Å². The highest BCUT2D eigenvalue weighted by Crippen LogP contribution is 2.24. The van der Waals surface area contributed by atoms with Gasteiger partial charge in [0.25, 0.3) is 5.91 Å². The number of nitrogens with two attached hydrogens (primary N) is 1. The second-order valence-electron chi connectivity index (χ2n) is 4.14. The second-order valence-corrected chi connectivity index (χ2v) is 5.87. The fourth-order valence-electron chi connectivity index (χ4n) is 1.66. The highest BCUT2D eigenvalue weighted by atomic mass is 79.9. The number of carbonyl (C=O) groups is 2. The van der Waals surface area contributed by atoms with Gasteiger partial charge in [0, 0.05) is 10.2 Å². The van der Waals surface area contributed by atoms with Gasteiger partial charge in [0.2, 0.25) is 5.91 Å². The van der Waals surface area contributed by atoms with Crippen molar-refractivity contribution in [2.45, 2.75) is 0 Å². The molecule has 0 unspecified atom stereocenters. The van der Waals surface area contributed by atoms with Crippen LogP contribution in [0.3, 0.4) is 0 Å². The second kappa shape index (κ2) is 6.47. The fourth-order valence-corrected chi connectivity index (χ4v) is 2.50. The molecule has 0 atom stereocenters. The molecule has 4 nitrogen and oxygen atoms in total. The maximum Gasteiger partial charge on any atom is 0.257 e. The van der Waals surface area contributed by atoms with E-state index in [0.29, 0.717) is 16.3 Å². The van der Waals surface area contributed by atoms with Gasteiger partial charge in [-0.25, -0.2) is 0 Å². The van der Waals surface area contributed by atoms with E-state index in [4.69, 9.17) is 28.9 Å². The minimum absolute atomic E-state index is 0.167. The fraction of sp³-hybridized carbons (Fsp3) is 0. The van der Waals surface area contributed by atoms with Crippen LogP contribution >= 0.6 is 39.1 Å². The Morgan fingerprint density at radius 3 is 2.33 bits per heavy atom. The van der Waals surface area contributed by atoms with Crippen molar-refractivity contribution in [3.8, 4) is 0 Å². The summed E-state index contributed by atoms with van der Waals surface area (Å²) in [6.45, 7) is 0. The molecule has 2 rings (SSSR count). The molecule has 0 saturated heterocycles. The largest absolute Gasteiger partial charge is 0.366 e. The lowest BCUT2D eigenvalue weighted by Crippen LogP contribution is -2.14. The van der Waals surface area contributed by atoms with Gasteiger partial charge in [0.15, 0.2) is 0 Å². The summed E-state index contributed by atoms with van der Waals surface area (Å²) in [4.78, 5) is 23.3. The summed E-state index contributed by atoms with van der Waals surface area (Å²) in [7, 11) is 0. The van der Waals surface area contributed by atoms with Crippen LogP contribution < -0.4 is 11.1 Å². The van der Waals surface area contributed by atoms with Gasteiger partial charge in [0.1, 0.15) is 0 Å². The normalized spacial score (nSPS) is 10.2. The molecule has 21 heavy (non-hydrogen) atoms. The number of rotatable bonds is 3. The molecule has 0 heterocycles. The van der Waals surface area contributed by atoms with E-state index in [1.807, 2.05) is 0 Å². The maximum absolute atomic E-state index is 12.2. The summed E-state index contributed by atoms with van der Waals surface area (Å²) >= 11 is 15.2. The Bertz CT molecular complexity index is 735. The van der Waals surface area contributed by atoms with E-state index < -0.39 is 5.91 Å². The van der Waals surface area contributed by atoms with Gasteiger partial charge in [-0.15, -0.1) is 0 Å². The third-order valence-corrected chi connectivity index (χ3v) is 3.80. The zero-order valence-corrected chi connectivity index (χ0v) is 13.6. The number of hydrogen-bond acceptors (Lipinski definition) is 2. The van der Waals surface area contributed by atoms with Crippen molar-refractivity contribution in [2.24, 2.45) is 5.73 Å². The van der Waals surface area contributed by atoms with Crippen LogP contribution in [0.25, 0.3) is 0 Å². The minimum atomic E-state index is -0.632. The smallest absolute Gasteiger partial charge is 0.257 e. The van der Waals surface area contributed by atoms with Crippen molar-refractivity contribution >= 4 is 56.6 Å². The van der Waals surface area contributed by atoms with Crippen molar-refractivity contribution in [2.75, 3.05) is 5.32 Å². The van der Waals surface area contributed by atoms with E-state index in [1.54, 1.807) is 18.2 Å². The van der Waals surface area contributed by atoms with Crippen molar-refractivity contribution in [3.63, 3.8) is 0 Å². The molecule has 2 aromatic carbocycles. The van der Waals surface area contributed by atoms with E-state index in [2.05, 4.69) is 21.2 Å². The number of carbonyl (C=O) groups excluding carboxylic acids is 2. The Balaban J connectivity index is 2.26. The van der Waals surface area contributed by atoms with Crippen molar-refractivity contribution in [1.82, 2.24) is 0 Å². The summed E-state index contributed by atoms with van der Waals surface area (Å²) in [6, 6.07) is 9.39. The average molecular weight is 388 g/mol. The molecule has 0 aromatic heterocycles. The van der Waals surface area contributed by atoms with Crippen LogP contribution in [-0.4, -0.2) is 11.8 Å². The van der Waals surface area contributed by atoms with Gasteiger partial charge in [-0.2, -0.15) is 0 Å². The van der Waals surface area contributed by atoms with Crippen LogP contribution in [0.5, 0.6) is 0 Å². The molecule has 3 N–H and O–H groups in total. The third-order valence-electron chi connectivity index (χ3n) is 2.67. The van der Waals surface area contributed by atoms with E-state index >= 15 is 0 Å². The zero-order chi connectivity index (χ0) is 15.6. The summed E-state index contributed by atoms with van der Waals surface area (Å²) < 4.78 is 0.735.